The molecule has 0 aliphatic carbocycles. The zero-order chi connectivity index (χ0) is 15.2. The molecule has 0 saturated heterocycles. The van der Waals surface area contributed by atoms with Gasteiger partial charge in [0.1, 0.15) is 5.82 Å². The molecule has 1 aromatic heterocycles. The van der Waals surface area contributed by atoms with Crippen molar-refractivity contribution in [2.45, 2.75) is 20.8 Å². The minimum Gasteiger partial charge on any atom is -0.490 e. The third-order valence-corrected chi connectivity index (χ3v) is 3.89. The molecule has 21 heavy (non-hydrogen) atoms. The molecule has 0 atom stereocenters. The summed E-state index contributed by atoms with van der Waals surface area (Å²) in [7, 11) is 0. The first-order chi connectivity index (χ1) is 10.2. The first-order valence-corrected chi connectivity index (χ1v) is 7.72. The number of aromatic nitrogens is 1. The van der Waals surface area contributed by atoms with Gasteiger partial charge in [-0.1, -0.05) is 0 Å². The molecular formula is C16H19BrN2O2. The van der Waals surface area contributed by atoms with Crippen molar-refractivity contribution in [3.8, 4) is 11.5 Å². The fourth-order valence-electron chi connectivity index (χ4n) is 1.89. The Morgan fingerprint density at radius 2 is 1.81 bits per heavy atom. The van der Waals surface area contributed by atoms with Crippen LogP contribution >= 0.6 is 15.9 Å². The fourth-order valence-corrected chi connectivity index (χ4v) is 2.23. The van der Waals surface area contributed by atoms with Crippen LogP contribution in [0, 0.1) is 6.92 Å². The Morgan fingerprint density at radius 3 is 2.52 bits per heavy atom. The van der Waals surface area contributed by atoms with E-state index in [2.05, 4.69) is 26.2 Å². The van der Waals surface area contributed by atoms with Gasteiger partial charge in [0, 0.05) is 18.0 Å². The normalized spacial score (nSPS) is 10.3. The second-order valence-electron chi connectivity index (χ2n) is 4.44. The van der Waals surface area contributed by atoms with Crippen molar-refractivity contribution in [1.29, 1.82) is 0 Å². The molecular weight excluding hydrogens is 332 g/mol. The molecule has 2 aromatic rings. The molecule has 5 heteroatoms. The maximum atomic E-state index is 5.62. The molecule has 0 saturated carbocycles. The van der Waals surface area contributed by atoms with Crippen LogP contribution in [0.2, 0.25) is 0 Å². The standard InChI is InChI=1S/C16H19BrN2O2/c1-4-20-13-7-6-12(10-14(13)21-5-2)19-16-15(17)11(3)8-9-18-16/h6-10H,4-5H2,1-3H3,(H,18,19). The lowest BCUT2D eigenvalue weighted by molar-refractivity contribution is 0.288. The third kappa shape index (κ3) is 3.88. The van der Waals surface area contributed by atoms with Crippen LogP contribution < -0.4 is 14.8 Å². The third-order valence-electron chi connectivity index (χ3n) is 2.89. The number of nitrogens with zero attached hydrogens (tertiary/aromatic N) is 1. The topological polar surface area (TPSA) is 43.4 Å². The first-order valence-electron chi connectivity index (χ1n) is 6.93. The lowest BCUT2D eigenvalue weighted by Crippen LogP contribution is -2.00. The van der Waals surface area contributed by atoms with Gasteiger partial charge in [0.2, 0.25) is 0 Å². The van der Waals surface area contributed by atoms with Gasteiger partial charge >= 0.3 is 0 Å². The lowest BCUT2D eigenvalue weighted by atomic mass is 10.2. The Labute approximate surface area is 133 Å². The Bertz CT molecular complexity index is 617. The summed E-state index contributed by atoms with van der Waals surface area (Å²) in [5.74, 6) is 2.26. The van der Waals surface area contributed by atoms with Crippen molar-refractivity contribution in [1.82, 2.24) is 4.98 Å². The molecule has 0 amide bonds. The summed E-state index contributed by atoms with van der Waals surface area (Å²) >= 11 is 3.55. The van der Waals surface area contributed by atoms with Crippen molar-refractivity contribution in [2.75, 3.05) is 18.5 Å². The van der Waals surface area contributed by atoms with E-state index in [1.165, 1.54) is 0 Å². The summed E-state index contributed by atoms with van der Waals surface area (Å²) in [6.07, 6.45) is 1.78. The van der Waals surface area contributed by atoms with Gasteiger partial charge in [-0.05, 0) is 60.5 Å². The number of pyridine rings is 1. The molecule has 1 N–H and O–H groups in total. The second kappa shape index (κ2) is 7.31. The van der Waals surface area contributed by atoms with Gasteiger partial charge < -0.3 is 14.8 Å². The second-order valence-corrected chi connectivity index (χ2v) is 5.24. The SMILES string of the molecule is CCOc1ccc(Nc2nccc(C)c2Br)cc1OCC. The molecule has 4 nitrogen and oxygen atoms in total. The minimum atomic E-state index is 0.593. The predicted molar refractivity (Wildman–Crippen MR) is 88.7 cm³/mol. The maximum Gasteiger partial charge on any atom is 0.163 e. The Balaban J connectivity index is 2.28. The van der Waals surface area contributed by atoms with Crippen molar-refractivity contribution >= 4 is 27.4 Å². The number of anilines is 2. The highest BCUT2D eigenvalue weighted by molar-refractivity contribution is 9.10. The molecule has 0 bridgehead atoms. The summed E-state index contributed by atoms with van der Waals surface area (Å²) in [5.41, 5.74) is 2.03. The number of benzene rings is 1. The van der Waals surface area contributed by atoms with Crippen LogP contribution in [0.3, 0.4) is 0 Å². The number of aryl methyl sites for hydroxylation is 1. The molecule has 0 spiro atoms. The molecule has 0 radical (unpaired) electrons. The van der Waals surface area contributed by atoms with Crippen LogP contribution in [0.15, 0.2) is 34.9 Å². The minimum absolute atomic E-state index is 0.593. The smallest absolute Gasteiger partial charge is 0.163 e. The molecule has 1 aromatic carbocycles. The molecule has 0 unspecified atom stereocenters. The van der Waals surface area contributed by atoms with Crippen molar-refractivity contribution in [3.05, 3.63) is 40.5 Å². The highest BCUT2D eigenvalue weighted by Crippen LogP contribution is 2.33. The molecule has 0 fully saturated rings. The van der Waals surface area contributed by atoms with E-state index < -0.39 is 0 Å². The maximum absolute atomic E-state index is 5.62. The average Bonchev–Trinajstić information content (AvgIpc) is 2.47. The summed E-state index contributed by atoms with van der Waals surface area (Å²) < 4.78 is 12.1. The van der Waals surface area contributed by atoms with E-state index in [1.54, 1.807) is 6.20 Å². The summed E-state index contributed by atoms with van der Waals surface area (Å²) in [6, 6.07) is 7.73. The highest BCUT2D eigenvalue weighted by atomic mass is 79.9. The monoisotopic (exact) mass is 350 g/mol. The van der Waals surface area contributed by atoms with Crippen LogP contribution in [0.1, 0.15) is 19.4 Å². The molecule has 2 rings (SSSR count). The predicted octanol–water partition coefficient (Wildman–Crippen LogP) is 4.69. The van der Waals surface area contributed by atoms with E-state index in [9.17, 15) is 0 Å². The summed E-state index contributed by atoms with van der Waals surface area (Å²) in [5, 5.41) is 3.29. The fraction of sp³-hybridized carbons (Fsp3) is 0.312. The molecule has 0 aliphatic heterocycles. The van der Waals surface area contributed by atoms with E-state index >= 15 is 0 Å². The average molecular weight is 351 g/mol. The van der Waals surface area contributed by atoms with Gasteiger partial charge in [-0.2, -0.15) is 0 Å². The quantitative estimate of drug-likeness (QED) is 0.820. The van der Waals surface area contributed by atoms with Crippen LogP contribution in [-0.4, -0.2) is 18.2 Å². The molecule has 0 aliphatic rings. The largest absolute Gasteiger partial charge is 0.490 e. The van der Waals surface area contributed by atoms with Gasteiger partial charge in [0.05, 0.1) is 17.7 Å². The van der Waals surface area contributed by atoms with Crippen molar-refractivity contribution in [2.24, 2.45) is 0 Å². The van der Waals surface area contributed by atoms with Crippen LogP contribution in [0.5, 0.6) is 11.5 Å². The number of halogens is 1. The molecule has 1 heterocycles. The van der Waals surface area contributed by atoms with Crippen LogP contribution in [0.4, 0.5) is 11.5 Å². The Morgan fingerprint density at radius 1 is 1.10 bits per heavy atom. The van der Waals surface area contributed by atoms with Gasteiger partial charge in [0.15, 0.2) is 11.5 Å². The number of nitrogens with one attached hydrogen (secondary N) is 1. The number of ether oxygens (including phenoxy) is 2. The van der Waals surface area contributed by atoms with Crippen LogP contribution in [0.25, 0.3) is 0 Å². The number of hydrogen-bond donors (Lipinski definition) is 1. The Kier molecular flexibility index (Phi) is 5.44. The van der Waals surface area contributed by atoms with Crippen molar-refractivity contribution in [3.63, 3.8) is 0 Å². The highest BCUT2D eigenvalue weighted by Gasteiger charge is 2.09. The lowest BCUT2D eigenvalue weighted by Gasteiger charge is -2.14. The summed E-state index contributed by atoms with van der Waals surface area (Å²) in [6.45, 7) is 7.14. The van der Waals surface area contributed by atoms with E-state index in [-0.39, 0.29) is 0 Å². The van der Waals surface area contributed by atoms with Gasteiger partial charge in [0.25, 0.3) is 0 Å². The zero-order valence-corrected chi connectivity index (χ0v) is 14.0. The number of hydrogen-bond acceptors (Lipinski definition) is 4. The van der Waals surface area contributed by atoms with Crippen LogP contribution in [-0.2, 0) is 0 Å². The van der Waals surface area contributed by atoms with Gasteiger partial charge in [-0.15, -0.1) is 0 Å². The van der Waals surface area contributed by atoms with Gasteiger partial charge in [-0.3, -0.25) is 0 Å². The van der Waals surface area contributed by atoms with Crippen molar-refractivity contribution < 1.29 is 9.47 Å². The van der Waals surface area contributed by atoms with E-state index in [1.807, 2.05) is 45.0 Å². The zero-order valence-electron chi connectivity index (χ0n) is 12.4. The van der Waals surface area contributed by atoms with E-state index in [0.717, 1.165) is 33.0 Å². The first kappa shape index (κ1) is 15.6. The van der Waals surface area contributed by atoms with E-state index in [4.69, 9.17) is 9.47 Å². The Hall–Kier alpha value is -1.75. The molecule has 112 valence electrons. The summed E-state index contributed by atoms with van der Waals surface area (Å²) in [4.78, 5) is 4.34. The van der Waals surface area contributed by atoms with Gasteiger partial charge in [-0.25, -0.2) is 4.98 Å². The number of rotatable bonds is 6. The van der Waals surface area contributed by atoms with E-state index in [0.29, 0.717) is 13.2 Å².